The van der Waals surface area contributed by atoms with E-state index in [-0.39, 0.29) is 11.2 Å². The molecule has 1 heterocycles. The molecule has 120 valence electrons. The van der Waals surface area contributed by atoms with Crippen LogP contribution in [0.3, 0.4) is 0 Å². The maximum absolute atomic E-state index is 6.34. The first kappa shape index (κ1) is 17.9. The SMILES string of the molecule is CCCNC1C(CN(C)CCOC)C(C)(C)OC1(C)C. The minimum absolute atomic E-state index is 0.101. The zero-order valence-electron chi connectivity index (χ0n) is 14.5. The molecular weight excluding hydrogens is 252 g/mol. The third-order valence-corrected chi connectivity index (χ3v) is 4.37. The molecule has 0 aromatic rings. The summed E-state index contributed by atoms with van der Waals surface area (Å²) in [5, 5.41) is 3.71. The lowest BCUT2D eigenvalue weighted by molar-refractivity contribution is -0.0794. The quantitative estimate of drug-likeness (QED) is 0.741. The van der Waals surface area contributed by atoms with Crippen LogP contribution < -0.4 is 5.32 Å². The van der Waals surface area contributed by atoms with E-state index in [0.717, 1.165) is 32.7 Å². The summed E-state index contributed by atoms with van der Waals surface area (Å²) in [7, 11) is 3.92. The molecule has 2 unspecified atom stereocenters. The largest absolute Gasteiger partial charge is 0.383 e. The normalized spacial score (nSPS) is 28.2. The third-order valence-electron chi connectivity index (χ3n) is 4.37. The van der Waals surface area contributed by atoms with Crippen LogP contribution in [0.4, 0.5) is 0 Å². The van der Waals surface area contributed by atoms with Gasteiger partial charge in [0.15, 0.2) is 0 Å². The van der Waals surface area contributed by atoms with Crippen molar-refractivity contribution in [3.63, 3.8) is 0 Å². The zero-order valence-corrected chi connectivity index (χ0v) is 14.5. The van der Waals surface area contributed by atoms with Crippen LogP contribution in [0.15, 0.2) is 0 Å². The van der Waals surface area contributed by atoms with E-state index in [2.05, 4.69) is 51.9 Å². The van der Waals surface area contributed by atoms with Crippen LogP contribution in [-0.4, -0.2) is 62.5 Å². The highest BCUT2D eigenvalue weighted by Crippen LogP contribution is 2.42. The van der Waals surface area contributed by atoms with Gasteiger partial charge in [0.2, 0.25) is 0 Å². The zero-order chi connectivity index (χ0) is 15.4. The smallest absolute Gasteiger partial charge is 0.0790 e. The molecule has 1 fully saturated rings. The van der Waals surface area contributed by atoms with Crippen LogP contribution >= 0.6 is 0 Å². The lowest BCUT2D eigenvalue weighted by Crippen LogP contribution is -2.51. The molecule has 4 heteroatoms. The number of likely N-dealkylation sites (N-methyl/N-ethyl adjacent to an activating group) is 1. The van der Waals surface area contributed by atoms with Crippen molar-refractivity contribution in [3.8, 4) is 0 Å². The first-order chi connectivity index (χ1) is 9.24. The van der Waals surface area contributed by atoms with Crippen molar-refractivity contribution in [2.75, 3.05) is 40.4 Å². The van der Waals surface area contributed by atoms with Gasteiger partial charge >= 0.3 is 0 Å². The van der Waals surface area contributed by atoms with Crippen LogP contribution in [0.5, 0.6) is 0 Å². The Morgan fingerprint density at radius 3 is 2.40 bits per heavy atom. The Morgan fingerprint density at radius 1 is 1.20 bits per heavy atom. The highest BCUT2D eigenvalue weighted by atomic mass is 16.5. The van der Waals surface area contributed by atoms with Crippen molar-refractivity contribution in [2.45, 2.75) is 58.3 Å². The third kappa shape index (κ3) is 4.42. The predicted molar refractivity (Wildman–Crippen MR) is 84.2 cm³/mol. The molecule has 2 atom stereocenters. The van der Waals surface area contributed by atoms with Crippen LogP contribution in [0.25, 0.3) is 0 Å². The second-order valence-electron chi connectivity index (χ2n) is 7.10. The fraction of sp³-hybridized carbons (Fsp3) is 1.00. The van der Waals surface area contributed by atoms with Gasteiger partial charge in [-0.05, 0) is 47.7 Å². The van der Waals surface area contributed by atoms with E-state index in [1.54, 1.807) is 7.11 Å². The van der Waals surface area contributed by atoms with Crippen LogP contribution in [0.2, 0.25) is 0 Å². The number of ether oxygens (including phenoxy) is 2. The van der Waals surface area contributed by atoms with Crippen molar-refractivity contribution in [2.24, 2.45) is 5.92 Å². The van der Waals surface area contributed by atoms with E-state index in [1.807, 2.05) is 0 Å². The number of methoxy groups -OCH3 is 1. The van der Waals surface area contributed by atoms with Gasteiger partial charge in [-0.25, -0.2) is 0 Å². The molecule has 1 saturated heterocycles. The van der Waals surface area contributed by atoms with E-state index in [4.69, 9.17) is 9.47 Å². The molecule has 0 bridgehead atoms. The number of hydrogen-bond donors (Lipinski definition) is 1. The summed E-state index contributed by atoms with van der Waals surface area (Å²) in [4.78, 5) is 2.35. The summed E-state index contributed by atoms with van der Waals surface area (Å²) >= 11 is 0. The number of nitrogens with one attached hydrogen (secondary N) is 1. The van der Waals surface area contributed by atoms with Crippen molar-refractivity contribution < 1.29 is 9.47 Å². The molecule has 0 spiro atoms. The molecule has 4 nitrogen and oxygen atoms in total. The van der Waals surface area contributed by atoms with Gasteiger partial charge in [0.25, 0.3) is 0 Å². The monoisotopic (exact) mass is 286 g/mol. The fourth-order valence-electron chi connectivity index (χ4n) is 3.39. The Kier molecular flexibility index (Phi) is 6.45. The Morgan fingerprint density at radius 2 is 1.85 bits per heavy atom. The van der Waals surface area contributed by atoms with Crippen LogP contribution in [0.1, 0.15) is 41.0 Å². The van der Waals surface area contributed by atoms with Crippen molar-refractivity contribution in [1.82, 2.24) is 10.2 Å². The van der Waals surface area contributed by atoms with Gasteiger partial charge in [0.05, 0.1) is 17.8 Å². The van der Waals surface area contributed by atoms with E-state index in [9.17, 15) is 0 Å². The Bertz CT molecular complexity index is 292. The van der Waals surface area contributed by atoms with Crippen molar-refractivity contribution >= 4 is 0 Å². The maximum Gasteiger partial charge on any atom is 0.0790 e. The highest BCUT2D eigenvalue weighted by molar-refractivity contribution is 5.06. The molecule has 1 N–H and O–H groups in total. The van der Waals surface area contributed by atoms with Crippen molar-refractivity contribution in [1.29, 1.82) is 0 Å². The predicted octanol–water partition coefficient (Wildman–Crippen LogP) is 2.14. The number of rotatable bonds is 8. The minimum Gasteiger partial charge on any atom is -0.383 e. The van der Waals surface area contributed by atoms with E-state index in [1.165, 1.54) is 0 Å². The number of nitrogens with zero attached hydrogens (tertiary/aromatic N) is 1. The summed E-state index contributed by atoms with van der Waals surface area (Å²) in [5.41, 5.74) is -0.221. The van der Waals surface area contributed by atoms with E-state index < -0.39 is 0 Å². The molecule has 0 amide bonds. The highest BCUT2D eigenvalue weighted by Gasteiger charge is 2.53. The number of hydrogen-bond acceptors (Lipinski definition) is 4. The molecule has 0 aliphatic carbocycles. The molecular formula is C16H34N2O2. The Balaban J connectivity index is 2.75. The summed E-state index contributed by atoms with van der Waals surface area (Å²) in [6.07, 6.45) is 1.15. The molecule has 0 radical (unpaired) electrons. The Labute approximate surface area is 125 Å². The van der Waals surface area contributed by atoms with Gasteiger partial charge in [-0.15, -0.1) is 0 Å². The fourth-order valence-corrected chi connectivity index (χ4v) is 3.39. The van der Waals surface area contributed by atoms with Gasteiger partial charge in [-0.1, -0.05) is 6.92 Å². The van der Waals surface area contributed by atoms with Gasteiger partial charge < -0.3 is 19.7 Å². The topological polar surface area (TPSA) is 33.7 Å². The average Bonchev–Trinajstić information content (AvgIpc) is 2.50. The molecule has 0 aromatic heterocycles. The minimum atomic E-state index is -0.120. The second-order valence-corrected chi connectivity index (χ2v) is 7.10. The molecule has 0 aromatic carbocycles. The van der Waals surface area contributed by atoms with Gasteiger partial charge in [0.1, 0.15) is 0 Å². The maximum atomic E-state index is 6.34. The van der Waals surface area contributed by atoms with E-state index >= 15 is 0 Å². The van der Waals surface area contributed by atoms with Gasteiger partial charge in [-0.2, -0.15) is 0 Å². The second kappa shape index (κ2) is 7.21. The molecule has 0 saturated carbocycles. The van der Waals surface area contributed by atoms with Gasteiger partial charge in [-0.3, -0.25) is 0 Å². The molecule has 1 rings (SSSR count). The first-order valence-corrected chi connectivity index (χ1v) is 7.85. The van der Waals surface area contributed by atoms with Crippen LogP contribution in [-0.2, 0) is 9.47 Å². The summed E-state index contributed by atoms with van der Waals surface area (Å²) < 4.78 is 11.5. The van der Waals surface area contributed by atoms with E-state index in [0.29, 0.717) is 12.0 Å². The first-order valence-electron chi connectivity index (χ1n) is 7.85. The lowest BCUT2D eigenvalue weighted by Gasteiger charge is -2.33. The summed E-state index contributed by atoms with van der Waals surface area (Å²) in [6, 6.07) is 0.391. The van der Waals surface area contributed by atoms with Gasteiger partial charge in [0, 0.05) is 32.2 Å². The van der Waals surface area contributed by atoms with Crippen LogP contribution in [0, 0.1) is 5.92 Å². The summed E-state index contributed by atoms with van der Waals surface area (Å²) in [6.45, 7) is 14.9. The average molecular weight is 286 g/mol. The molecule has 1 aliphatic rings. The lowest BCUT2D eigenvalue weighted by atomic mass is 9.82. The molecule has 1 aliphatic heterocycles. The molecule has 20 heavy (non-hydrogen) atoms. The standard InChI is InChI=1S/C16H34N2O2/c1-8-9-17-14-13(12-18(6)10-11-19-7)15(2,3)20-16(14,4)5/h13-14,17H,8-12H2,1-7H3. The Hall–Kier alpha value is -0.160. The van der Waals surface area contributed by atoms with Crippen molar-refractivity contribution in [3.05, 3.63) is 0 Å². The summed E-state index contributed by atoms with van der Waals surface area (Å²) in [5.74, 6) is 0.478.